The van der Waals surface area contributed by atoms with E-state index in [1.54, 1.807) is 0 Å². The summed E-state index contributed by atoms with van der Waals surface area (Å²) in [6.07, 6.45) is -0.896. The summed E-state index contributed by atoms with van der Waals surface area (Å²) in [5.74, 6) is 4.63. The highest BCUT2D eigenvalue weighted by Gasteiger charge is 2.17. The van der Waals surface area contributed by atoms with E-state index in [1.165, 1.54) is 0 Å². The molecule has 0 saturated carbocycles. The second-order valence-corrected chi connectivity index (χ2v) is 19.0. The number of carbonyl (C=O) groups excluding carboxylic acids is 2. The third kappa shape index (κ3) is 12.3. The number of hydrogen-bond acceptors (Lipinski definition) is 6. The van der Waals surface area contributed by atoms with Crippen LogP contribution in [0.15, 0.2) is 36.4 Å². The van der Waals surface area contributed by atoms with Gasteiger partial charge in [0.2, 0.25) is 0 Å². The number of aromatic amines is 2. The zero-order valence-corrected chi connectivity index (χ0v) is 29.4. The van der Waals surface area contributed by atoms with E-state index in [2.05, 4.69) is 84.3 Å². The molecule has 2 heterocycles. The topological polar surface area (TPSA) is 134 Å². The molecule has 43 heavy (non-hydrogen) atoms. The molecule has 0 unspecified atom stereocenters. The summed E-state index contributed by atoms with van der Waals surface area (Å²) in [5.41, 5.74) is 6.95. The van der Waals surface area contributed by atoms with Crippen molar-refractivity contribution in [2.45, 2.75) is 85.5 Å². The molecule has 10 nitrogen and oxygen atoms in total. The number of fused-ring (bicyclic) bond motifs is 2. The third-order valence-electron chi connectivity index (χ3n) is 5.20. The molecule has 0 aliphatic carbocycles. The van der Waals surface area contributed by atoms with Crippen molar-refractivity contribution in [2.75, 3.05) is 0 Å². The maximum Gasteiger partial charge on any atom is 0.408 e. The molecule has 0 spiro atoms. The summed E-state index contributed by atoms with van der Waals surface area (Å²) >= 11 is 2.25. The van der Waals surface area contributed by atoms with E-state index in [-0.39, 0.29) is 0 Å². The van der Waals surface area contributed by atoms with Crippen molar-refractivity contribution in [3.05, 3.63) is 57.2 Å². The summed E-state index contributed by atoms with van der Waals surface area (Å²) in [7, 11) is -1.40. The van der Waals surface area contributed by atoms with E-state index in [0.29, 0.717) is 24.7 Å². The van der Waals surface area contributed by atoms with Crippen LogP contribution in [0.4, 0.5) is 9.59 Å². The van der Waals surface area contributed by atoms with Crippen LogP contribution >= 0.6 is 22.6 Å². The van der Waals surface area contributed by atoms with Crippen molar-refractivity contribution < 1.29 is 19.1 Å². The van der Waals surface area contributed by atoms with E-state index < -0.39 is 31.5 Å². The number of H-pyrrole nitrogens is 2. The number of ether oxygens (including phenoxy) is 2. The Morgan fingerprint density at radius 2 is 1.28 bits per heavy atom. The van der Waals surface area contributed by atoms with E-state index in [0.717, 1.165) is 31.2 Å². The minimum Gasteiger partial charge on any atom is -0.444 e. The monoisotopic (exact) mass is 716 g/mol. The Hall–Kier alpha value is -3.57. The van der Waals surface area contributed by atoms with Crippen LogP contribution in [-0.2, 0) is 22.6 Å². The Kier molecular flexibility index (Phi) is 10.9. The molecule has 4 rings (SSSR count). The molecule has 4 N–H and O–H groups in total. The number of nitrogens with zero attached hydrogens (tertiary/aromatic N) is 2. The first-order chi connectivity index (χ1) is 19.8. The Balaban J connectivity index is 0.000000242. The average molecular weight is 717 g/mol. The summed E-state index contributed by atoms with van der Waals surface area (Å²) in [6, 6.07) is 11.9. The molecule has 0 saturated heterocycles. The fourth-order valence-corrected chi connectivity index (χ4v) is 4.55. The Morgan fingerprint density at radius 1 is 0.814 bits per heavy atom. The van der Waals surface area contributed by atoms with Gasteiger partial charge in [0.25, 0.3) is 0 Å². The first-order valence-corrected chi connectivity index (χ1v) is 18.5. The van der Waals surface area contributed by atoms with Crippen molar-refractivity contribution in [1.29, 1.82) is 0 Å². The highest BCUT2D eigenvalue weighted by atomic mass is 127. The number of carbonyl (C=O) groups is 2. The van der Waals surface area contributed by atoms with Gasteiger partial charge in [-0.25, -0.2) is 19.6 Å². The highest BCUT2D eigenvalue weighted by molar-refractivity contribution is 14.1. The van der Waals surface area contributed by atoms with Gasteiger partial charge in [0, 0.05) is 9.13 Å². The number of nitrogens with one attached hydrogen (secondary N) is 4. The highest BCUT2D eigenvalue weighted by Crippen LogP contribution is 2.16. The van der Waals surface area contributed by atoms with Gasteiger partial charge in [-0.3, -0.25) is 0 Å². The lowest BCUT2D eigenvalue weighted by atomic mass is 10.2. The molecule has 0 fully saturated rings. The molecular weight excluding hydrogens is 675 g/mol. The maximum atomic E-state index is 11.7. The molecule has 0 radical (unpaired) electrons. The van der Waals surface area contributed by atoms with Crippen LogP contribution < -0.4 is 10.6 Å². The van der Waals surface area contributed by atoms with Crippen molar-refractivity contribution >= 4 is 64.9 Å². The predicted octanol–water partition coefficient (Wildman–Crippen LogP) is 7.01. The van der Waals surface area contributed by atoms with Crippen LogP contribution in [0.5, 0.6) is 0 Å². The van der Waals surface area contributed by atoms with E-state index in [1.807, 2.05) is 77.9 Å². The molecule has 0 atom stereocenters. The maximum absolute atomic E-state index is 11.7. The molecule has 4 aromatic rings. The van der Waals surface area contributed by atoms with Gasteiger partial charge in [0.05, 0.1) is 35.2 Å². The minimum absolute atomic E-state index is 0.291. The summed E-state index contributed by atoms with van der Waals surface area (Å²) in [4.78, 5) is 38.5. The van der Waals surface area contributed by atoms with Gasteiger partial charge in [-0.2, -0.15) is 0 Å². The molecule has 0 aliphatic heterocycles. The Bertz CT molecular complexity index is 1650. The number of amides is 2. The number of aromatic nitrogens is 4. The number of halogens is 1. The lowest BCUT2D eigenvalue weighted by Crippen LogP contribution is -2.32. The van der Waals surface area contributed by atoms with Gasteiger partial charge < -0.3 is 30.1 Å². The summed E-state index contributed by atoms with van der Waals surface area (Å²) in [5, 5.41) is 5.37. The second-order valence-electron chi connectivity index (χ2n) is 13.0. The van der Waals surface area contributed by atoms with Gasteiger partial charge in [-0.1, -0.05) is 25.6 Å². The van der Waals surface area contributed by atoms with Crippen molar-refractivity contribution in [3.8, 4) is 11.5 Å². The van der Waals surface area contributed by atoms with Crippen LogP contribution in [-0.4, -0.2) is 51.4 Å². The Labute approximate surface area is 267 Å². The smallest absolute Gasteiger partial charge is 0.408 e. The molecule has 2 amide bonds. The van der Waals surface area contributed by atoms with Gasteiger partial charge in [-0.05, 0) is 101 Å². The minimum atomic E-state index is -1.40. The fraction of sp³-hybridized carbons (Fsp3) is 0.419. The molecule has 0 aliphatic rings. The van der Waals surface area contributed by atoms with Crippen LogP contribution in [0.1, 0.15) is 58.8 Å². The van der Waals surface area contributed by atoms with Crippen molar-refractivity contribution in [2.24, 2.45) is 0 Å². The molecule has 0 bridgehead atoms. The van der Waals surface area contributed by atoms with Gasteiger partial charge in [0.15, 0.2) is 0 Å². The van der Waals surface area contributed by atoms with Crippen molar-refractivity contribution in [3.63, 3.8) is 0 Å². The number of benzene rings is 2. The van der Waals surface area contributed by atoms with Crippen molar-refractivity contribution in [1.82, 2.24) is 30.6 Å². The molecule has 12 heteroatoms. The largest absolute Gasteiger partial charge is 0.444 e. The zero-order valence-electron chi connectivity index (χ0n) is 26.3. The molecule has 230 valence electrons. The van der Waals surface area contributed by atoms with E-state index in [9.17, 15) is 9.59 Å². The van der Waals surface area contributed by atoms with Crippen LogP contribution in [0, 0.1) is 15.0 Å². The second kappa shape index (κ2) is 13.8. The van der Waals surface area contributed by atoms with Gasteiger partial charge >= 0.3 is 12.2 Å². The zero-order chi connectivity index (χ0) is 32.0. The first kappa shape index (κ1) is 33.9. The predicted molar refractivity (Wildman–Crippen MR) is 181 cm³/mol. The molecule has 2 aromatic carbocycles. The number of hydrogen-bond donors (Lipinski definition) is 4. The Morgan fingerprint density at radius 3 is 1.74 bits per heavy atom. The van der Waals surface area contributed by atoms with E-state index in [4.69, 9.17) is 9.47 Å². The number of imidazole rings is 2. The quantitative estimate of drug-likeness (QED) is 0.102. The third-order valence-corrected chi connectivity index (χ3v) is 6.75. The molecule has 2 aromatic heterocycles. The van der Waals surface area contributed by atoms with Crippen LogP contribution in [0.3, 0.4) is 0 Å². The SMILES string of the molecule is CC(C)(C)OC(=O)NCc1nc2ccc(C#C[Si](C)(C)C)cc2[nH]1.CC(C)(C)OC(=O)NCc1nc2ccc(I)cc2[nH]1. The summed E-state index contributed by atoms with van der Waals surface area (Å²) in [6.45, 7) is 18.2. The molecular formula is C31H41IN6O4Si. The average Bonchev–Trinajstić information content (AvgIpc) is 3.45. The summed E-state index contributed by atoms with van der Waals surface area (Å²) < 4.78 is 11.5. The van der Waals surface area contributed by atoms with Gasteiger partial charge in [-0.15, -0.1) is 5.54 Å². The van der Waals surface area contributed by atoms with E-state index >= 15 is 0 Å². The van der Waals surface area contributed by atoms with Crippen LogP contribution in [0.2, 0.25) is 19.6 Å². The number of rotatable bonds is 4. The first-order valence-electron chi connectivity index (χ1n) is 13.9. The van der Waals surface area contributed by atoms with Crippen LogP contribution in [0.25, 0.3) is 22.1 Å². The van der Waals surface area contributed by atoms with Gasteiger partial charge in [0.1, 0.15) is 30.9 Å². The number of alkyl carbamates (subject to hydrolysis) is 2. The normalized spacial score (nSPS) is 11.7. The lowest BCUT2D eigenvalue weighted by Gasteiger charge is -2.19. The lowest BCUT2D eigenvalue weighted by molar-refractivity contribution is 0.0511. The standard InChI is InChI=1S/C18H25N3O2Si.C13H16IN3O2/c1-18(2,3)23-17(22)19-12-16-20-14-8-7-13(11-15(14)21-16)9-10-24(4,5)6;1-13(2,3)19-12(18)15-7-11-16-9-5-4-8(14)6-10(9)17-11/h7-8,11H,12H2,1-6H3,(H,19,22)(H,20,21);4-6H,7H2,1-3H3,(H,15,18)(H,16,17). The fourth-order valence-electron chi connectivity index (χ4n) is 3.54.